The van der Waals surface area contributed by atoms with Gasteiger partial charge in [0.15, 0.2) is 0 Å². The van der Waals surface area contributed by atoms with Crippen molar-refractivity contribution in [3.8, 4) is 5.75 Å². The Bertz CT molecular complexity index is 467. The first-order valence-corrected chi connectivity index (χ1v) is 7.45. The van der Waals surface area contributed by atoms with Crippen LogP contribution < -0.4 is 15.8 Å². The molecule has 2 rings (SSSR count). The Hall–Kier alpha value is -1.59. The summed E-state index contributed by atoms with van der Waals surface area (Å²) in [5, 5.41) is 3.00. The van der Waals surface area contributed by atoms with Crippen LogP contribution in [0.15, 0.2) is 24.3 Å². The molecular formula is C16H24N2O3. The van der Waals surface area contributed by atoms with Gasteiger partial charge in [0, 0.05) is 13.2 Å². The summed E-state index contributed by atoms with van der Waals surface area (Å²) in [6.07, 6.45) is 1.13. The molecule has 0 spiro atoms. The van der Waals surface area contributed by atoms with Crippen molar-refractivity contribution in [2.45, 2.75) is 38.3 Å². The first-order valence-electron chi connectivity index (χ1n) is 7.45. The standard InChI is InChI=1S/C16H24N2O3/c1-3-21-14-6-4-13(5-7-14)12(2)18-15(19)16(17)8-10-20-11-9-16/h4-7,12H,3,8-11,17H2,1-2H3,(H,18,19). The van der Waals surface area contributed by atoms with Gasteiger partial charge in [-0.1, -0.05) is 12.1 Å². The number of ether oxygens (including phenoxy) is 2. The minimum Gasteiger partial charge on any atom is -0.494 e. The average Bonchev–Trinajstić information content (AvgIpc) is 2.49. The summed E-state index contributed by atoms with van der Waals surface area (Å²) < 4.78 is 10.7. The lowest BCUT2D eigenvalue weighted by atomic mass is 9.90. The van der Waals surface area contributed by atoms with Gasteiger partial charge in [0.2, 0.25) is 5.91 Å². The van der Waals surface area contributed by atoms with Crippen LogP contribution in [0.4, 0.5) is 0 Å². The van der Waals surface area contributed by atoms with Crippen molar-refractivity contribution in [2.75, 3.05) is 19.8 Å². The van der Waals surface area contributed by atoms with E-state index in [1.54, 1.807) is 0 Å². The van der Waals surface area contributed by atoms with Crippen LogP contribution in [-0.2, 0) is 9.53 Å². The maximum absolute atomic E-state index is 12.4. The lowest BCUT2D eigenvalue weighted by Gasteiger charge is -2.33. The molecule has 21 heavy (non-hydrogen) atoms. The van der Waals surface area contributed by atoms with Gasteiger partial charge in [-0.3, -0.25) is 4.79 Å². The van der Waals surface area contributed by atoms with Gasteiger partial charge in [-0.2, -0.15) is 0 Å². The maximum atomic E-state index is 12.4. The van der Waals surface area contributed by atoms with E-state index in [4.69, 9.17) is 15.2 Å². The van der Waals surface area contributed by atoms with Crippen LogP contribution in [0.2, 0.25) is 0 Å². The largest absolute Gasteiger partial charge is 0.494 e. The smallest absolute Gasteiger partial charge is 0.240 e. The minimum absolute atomic E-state index is 0.0866. The van der Waals surface area contributed by atoms with Crippen LogP contribution >= 0.6 is 0 Å². The van der Waals surface area contributed by atoms with Crippen LogP contribution in [0.1, 0.15) is 38.3 Å². The Morgan fingerprint density at radius 3 is 2.57 bits per heavy atom. The van der Waals surface area contributed by atoms with Crippen LogP contribution in [0.25, 0.3) is 0 Å². The molecule has 1 saturated heterocycles. The van der Waals surface area contributed by atoms with E-state index in [2.05, 4.69) is 5.32 Å². The summed E-state index contributed by atoms with van der Waals surface area (Å²) in [6.45, 7) is 5.63. The Morgan fingerprint density at radius 2 is 2.00 bits per heavy atom. The molecule has 1 amide bonds. The number of hydrogen-bond donors (Lipinski definition) is 2. The van der Waals surface area contributed by atoms with Crippen molar-refractivity contribution in [3.63, 3.8) is 0 Å². The minimum atomic E-state index is -0.808. The Kier molecular flexibility index (Phi) is 5.20. The van der Waals surface area contributed by atoms with Crippen molar-refractivity contribution in [3.05, 3.63) is 29.8 Å². The zero-order valence-electron chi connectivity index (χ0n) is 12.7. The van der Waals surface area contributed by atoms with Crippen LogP contribution in [-0.4, -0.2) is 31.3 Å². The predicted molar refractivity (Wildman–Crippen MR) is 81.1 cm³/mol. The van der Waals surface area contributed by atoms with Gasteiger partial charge in [0.25, 0.3) is 0 Å². The summed E-state index contributed by atoms with van der Waals surface area (Å²) in [4.78, 5) is 12.4. The molecule has 0 aromatic heterocycles. The van der Waals surface area contributed by atoms with Crippen molar-refractivity contribution in [2.24, 2.45) is 5.73 Å². The van der Waals surface area contributed by atoms with E-state index in [0.717, 1.165) is 11.3 Å². The fourth-order valence-electron chi connectivity index (χ4n) is 2.41. The highest BCUT2D eigenvalue weighted by molar-refractivity contribution is 5.86. The highest BCUT2D eigenvalue weighted by Crippen LogP contribution is 2.21. The first kappa shape index (κ1) is 15.8. The van der Waals surface area contributed by atoms with E-state index in [1.807, 2.05) is 38.1 Å². The highest BCUT2D eigenvalue weighted by atomic mass is 16.5. The molecule has 0 bridgehead atoms. The Morgan fingerprint density at radius 1 is 1.38 bits per heavy atom. The topological polar surface area (TPSA) is 73.6 Å². The number of carbonyl (C=O) groups excluding carboxylic acids is 1. The SMILES string of the molecule is CCOc1ccc(C(C)NC(=O)C2(N)CCOCC2)cc1. The number of nitrogens with two attached hydrogens (primary N) is 1. The number of rotatable bonds is 5. The van der Waals surface area contributed by atoms with Crippen LogP contribution in [0.5, 0.6) is 5.75 Å². The quantitative estimate of drug-likeness (QED) is 0.867. The molecule has 1 fully saturated rings. The zero-order chi connectivity index (χ0) is 15.3. The third-order valence-electron chi connectivity index (χ3n) is 3.88. The van der Waals surface area contributed by atoms with E-state index >= 15 is 0 Å². The molecule has 3 N–H and O–H groups in total. The maximum Gasteiger partial charge on any atom is 0.240 e. The van der Waals surface area contributed by atoms with Crippen molar-refractivity contribution in [1.82, 2.24) is 5.32 Å². The van der Waals surface area contributed by atoms with Crippen molar-refractivity contribution in [1.29, 1.82) is 0 Å². The number of benzene rings is 1. The zero-order valence-corrected chi connectivity index (χ0v) is 12.7. The molecule has 0 aliphatic carbocycles. The second-order valence-corrected chi connectivity index (χ2v) is 5.47. The summed E-state index contributed by atoms with van der Waals surface area (Å²) in [7, 11) is 0. The van der Waals surface area contributed by atoms with Gasteiger partial charge in [0.1, 0.15) is 5.75 Å². The molecule has 0 saturated carbocycles. The van der Waals surface area contributed by atoms with E-state index in [0.29, 0.717) is 32.7 Å². The van der Waals surface area contributed by atoms with E-state index in [1.165, 1.54) is 0 Å². The van der Waals surface area contributed by atoms with Gasteiger partial charge in [-0.15, -0.1) is 0 Å². The molecule has 1 aliphatic heterocycles. The molecular weight excluding hydrogens is 268 g/mol. The molecule has 1 aromatic rings. The van der Waals surface area contributed by atoms with Gasteiger partial charge in [0.05, 0.1) is 18.2 Å². The first-order chi connectivity index (χ1) is 10.0. The summed E-state index contributed by atoms with van der Waals surface area (Å²) in [5.74, 6) is 0.728. The lowest BCUT2D eigenvalue weighted by molar-refractivity contribution is -0.130. The monoisotopic (exact) mass is 292 g/mol. The summed E-state index contributed by atoms with van der Waals surface area (Å²) in [6, 6.07) is 7.66. The number of carbonyl (C=O) groups is 1. The van der Waals surface area contributed by atoms with E-state index in [-0.39, 0.29) is 11.9 Å². The van der Waals surface area contributed by atoms with Crippen molar-refractivity contribution >= 4 is 5.91 Å². The normalized spacial score (nSPS) is 18.8. The van der Waals surface area contributed by atoms with Gasteiger partial charge < -0.3 is 20.5 Å². The Labute approximate surface area is 125 Å². The molecule has 0 radical (unpaired) electrons. The Balaban J connectivity index is 1.96. The van der Waals surface area contributed by atoms with Gasteiger partial charge in [-0.25, -0.2) is 0 Å². The van der Waals surface area contributed by atoms with Gasteiger partial charge in [-0.05, 0) is 44.4 Å². The second-order valence-electron chi connectivity index (χ2n) is 5.47. The van der Waals surface area contributed by atoms with Crippen molar-refractivity contribution < 1.29 is 14.3 Å². The highest BCUT2D eigenvalue weighted by Gasteiger charge is 2.36. The molecule has 5 nitrogen and oxygen atoms in total. The van der Waals surface area contributed by atoms with Crippen LogP contribution in [0, 0.1) is 0 Å². The summed E-state index contributed by atoms with van der Waals surface area (Å²) >= 11 is 0. The lowest BCUT2D eigenvalue weighted by Crippen LogP contribution is -2.57. The third-order valence-corrected chi connectivity index (χ3v) is 3.88. The number of hydrogen-bond acceptors (Lipinski definition) is 4. The molecule has 116 valence electrons. The second kappa shape index (κ2) is 6.91. The molecule has 1 heterocycles. The fraction of sp³-hybridized carbons (Fsp3) is 0.562. The molecule has 1 unspecified atom stereocenters. The average molecular weight is 292 g/mol. The van der Waals surface area contributed by atoms with Gasteiger partial charge >= 0.3 is 0 Å². The molecule has 1 aliphatic rings. The molecule has 1 aromatic carbocycles. The third kappa shape index (κ3) is 3.95. The number of amides is 1. The number of nitrogens with one attached hydrogen (secondary N) is 1. The molecule has 5 heteroatoms. The van der Waals surface area contributed by atoms with Crippen LogP contribution in [0.3, 0.4) is 0 Å². The fourth-order valence-corrected chi connectivity index (χ4v) is 2.41. The van der Waals surface area contributed by atoms with E-state index in [9.17, 15) is 4.79 Å². The summed E-state index contributed by atoms with van der Waals surface area (Å²) in [5.41, 5.74) is 6.40. The van der Waals surface area contributed by atoms with E-state index < -0.39 is 5.54 Å². The predicted octanol–water partition coefficient (Wildman–Crippen LogP) is 1.77. The molecule has 1 atom stereocenters.